The van der Waals surface area contributed by atoms with E-state index in [2.05, 4.69) is 6.58 Å². The molecule has 0 aromatic heterocycles. The van der Waals surface area contributed by atoms with Crippen molar-refractivity contribution >= 4 is 5.97 Å². The standard InChI is InChI=1S/C13H16O2/c1-2-3-9-12(13(14)15)10-11-7-5-4-6-8-11/h2,4-8,12H,1,3,9-10H2,(H,14,15). The minimum Gasteiger partial charge on any atom is -0.481 e. The fourth-order valence-electron chi connectivity index (χ4n) is 1.53. The SMILES string of the molecule is C=CCCC(Cc1ccccc1)C(=O)O. The minimum absolute atomic E-state index is 0.301. The second-order valence-electron chi connectivity index (χ2n) is 3.59. The Morgan fingerprint density at radius 3 is 2.60 bits per heavy atom. The number of allylic oxidation sites excluding steroid dienone is 1. The van der Waals surface area contributed by atoms with Crippen LogP contribution in [0.5, 0.6) is 0 Å². The van der Waals surface area contributed by atoms with Gasteiger partial charge in [0, 0.05) is 0 Å². The molecule has 2 nitrogen and oxygen atoms in total. The zero-order valence-corrected chi connectivity index (χ0v) is 8.73. The van der Waals surface area contributed by atoms with Gasteiger partial charge < -0.3 is 5.11 Å². The van der Waals surface area contributed by atoms with E-state index in [4.69, 9.17) is 5.11 Å². The first kappa shape index (κ1) is 11.5. The number of carboxylic acid groups (broad SMARTS) is 1. The predicted octanol–water partition coefficient (Wildman–Crippen LogP) is 2.90. The summed E-state index contributed by atoms with van der Waals surface area (Å²) in [6.45, 7) is 3.61. The van der Waals surface area contributed by atoms with Gasteiger partial charge in [-0.1, -0.05) is 36.4 Å². The van der Waals surface area contributed by atoms with Gasteiger partial charge >= 0.3 is 5.97 Å². The van der Waals surface area contributed by atoms with Crippen molar-refractivity contribution in [3.63, 3.8) is 0 Å². The summed E-state index contributed by atoms with van der Waals surface area (Å²) < 4.78 is 0. The van der Waals surface area contributed by atoms with E-state index >= 15 is 0 Å². The van der Waals surface area contributed by atoms with Crippen molar-refractivity contribution in [1.82, 2.24) is 0 Å². The molecule has 1 aromatic rings. The predicted molar refractivity (Wildman–Crippen MR) is 60.7 cm³/mol. The average Bonchev–Trinajstić information content (AvgIpc) is 2.25. The van der Waals surface area contributed by atoms with Crippen LogP contribution in [-0.4, -0.2) is 11.1 Å². The van der Waals surface area contributed by atoms with Crippen LogP contribution in [0.25, 0.3) is 0 Å². The number of aliphatic carboxylic acids is 1. The molecule has 0 bridgehead atoms. The molecule has 0 aliphatic heterocycles. The van der Waals surface area contributed by atoms with E-state index in [1.165, 1.54) is 0 Å². The summed E-state index contributed by atoms with van der Waals surface area (Å²) in [5, 5.41) is 9.03. The van der Waals surface area contributed by atoms with Crippen molar-refractivity contribution in [3.05, 3.63) is 48.6 Å². The highest BCUT2D eigenvalue weighted by Gasteiger charge is 2.16. The van der Waals surface area contributed by atoms with Gasteiger partial charge in [0.05, 0.1) is 5.92 Å². The lowest BCUT2D eigenvalue weighted by Gasteiger charge is -2.10. The third-order valence-corrected chi connectivity index (χ3v) is 2.39. The summed E-state index contributed by atoms with van der Waals surface area (Å²) in [7, 11) is 0. The van der Waals surface area contributed by atoms with Gasteiger partial charge in [-0.3, -0.25) is 4.79 Å². The molecule has 15 heavy (non-hydrogen) atoms. The normalized spacial score (nSPS) is 12.0. The molecule has 0 spiro atoms. The van der Waals surface area contributed by atoms with E-state index in [0.29, 0.717) is 12.8 Å². The summed E-state index contributed by atoms with van der Waals surface area (Å²) in [6, 6.07) is 9.72. The first-order chi connectivity index (χ1) is 7.24. The maximum atomic E-state index is 11.0. The Morgan fingerprint density at radius 2 is 2.07 bits per heavy atom. The van der Waals surface area contributed by atoms with E-state index in [9.17, 15) is 4.79 Å². The quantitative estimate of drug-likeness (QED) is 0.723. The third-order valence-electron chi connectivity index (χ3n) is 2.39. The van der Waals surface area contributed by atoms with Crippen LogP contribution in [-0.2, 0) is 11.2 Å². The first-order valence-electron chi connectivity index (χ1n) is 5.11. The van der Waals surface area contributed by atoms with E-state index in [-0.39, 0.29) is 5.92 Å². The van der Waals surface area contributed by atoms with Crippen molar-refractivity contribution in [2.24, 2.45) is 5.92 Å². The molecule has 0 aliphatic rings. The average molecular weight is 204 g/mol. The van der Waals surface area contributed by atoms with Crippen LogP contribution in [0.1, 0.15) is 18.4 Å². The van der Waals surface area contributed by atoms with Gasteiger partial charge in [0.1, 0.15) is 0 Å². The van der Waals surface area contributed by atoms with Crippen LogP contribution in [0, 0.1) is 5.92 Å². The smallest absolute Gasteiger partial charge is 0.306 e. The van der Waals surface area contributed by atoms with Gasteiger partial charge in [-0.2, -0.15) is 0 Å². The Morgan fingerprint density at radius 1 is 1.40 bits per heavy atom. The number of carbonyl (C=O) groups is 1. The van der Waals surface area contributed by atoms with Crippen molar-refractivity contribution in [3.8, 4) is 0 Å². The molecule has 80 valence electrons. The van der Waals surface area contributed by atoms with Crippen LogP contribution in [0.15, 0.2) is 43.0 Å². The molecule has 1 aromatic carbocycles. The molecule has 0 amide bonds. The van der Waals surface area contributed by atoms with Gasteiger partial charge in [0.2, 0.25) is 0 Å². The number of hydrogen-bond donors (Lipinski definition) is 1. The van der Waals surface area contributed by atoms with Gasteiger partial charge in [-0.15, -0.1) is 6.58 Å². The fraction of sp³-hybridized carbons (Fsp3) is 0.308. The highest BCUT2D eigenvalue weighted by molar-refractivity contribution is 5.70. The first-order valence-corrected chi connectivity index (χ1v) is 5.11. The third kappa shape index (κ3) is 3.98. The van der Waals surface area contributed by atoms with Crippen LogP contribution >= 0.6 is 0 Å². The van der Waals surface area contributed by atoms with Crippen molar-refractivity contribution in [2.75, 3.05) is 0 Å². The monoisotopic (exact) mass is 204 g/mol. The molecular weight excluding hydrogens is 188 g/mol. The zero-order chi connectivity index (χ0) is 11.1. The Balaban J connectivity index is 2.58. The molecule has 2 heteroatoms. The molecule has 0 saturated heterocycles. The summed E-state index contributed by atoms with van der Waals surface area (Å²) >= 11 is 0. The van der Waals surface area contributed by atoms with Gasteiger partial charge in [-0.05, 0) is 24.8 Å². The summed E-state index contributed by atoms with van der Waals surface area (Å²) in [5.74, 6) is -1.02. The van der Waals surface area contributed by atoms with Crippen molar-refractivity contribution in [2.45, 2.75) is 19.3 Å². The van der Waals surface area contributed by atoms with E-state index in [1.54, 1.807) is 6.08 Å². The molecule has 1 atom stereocenters. The van der Waals surface area contributed by atoms with Crippen LogP contribution < -0.4 is 0 Å². The fourth-order valence-corrected chi connectivity index (χ4v) is 1.53. The summed E-state index contributed by atoms with van der Waals surface area (Å²) in [6.07, 6.45) is 3.78. The minimum atomic E-state index is -0.722. The molecule has 0 radical (unpaired) electrons. The summed E-state index contributed by atoms with van der Waals surface area (Å²) in [5.41, 5.74) is 1.08. The Kier molecular flexibility index (Phi) is 4.61. The highest BCUT2D eigenvalue weighted by atomic mass is 16.4. The largest absolute Gasteiger partial charge is 0.481 e. The molecule has 0 heterocycles. The van der Waals surface area contributed by atoms with Crippen LogP contribution in [0.3, 0.4) is 0 Å². The van der Waals surface area contributed by atoms with Crippen LogP contribution in [0.2, 0.25) is 0 Å². The zero-order valence-electron chi connectivity index (χ0n) is 8.73. The van der Waals surface area contributed by atoms with E-state index in [0.717, 1.165) is 12.0 Å². The molecule has 0 aliphatic carbocycles. The Labute approximate surface area is 90.3 Å². The Bertz CT molecular complexity index is 317. The van der Waals surface area contributed by atoms with Crippen molar-refractivity contribution < 1.29 is 9.90 Å². The lowest BCUT2D eigenvalue weighted by molar-refractivity contribution is -0.141. The topological polar surface area (TPSA) is 37.3 Å². The maximum Gasteiger partial charge on any atom is 0.306 e. The molecule has 0 saturated carbocycles. The number of carboxylic acids is 1. The van der Waals surface area contributed by atoms with Crippen molar-refractivity contribution in [1.29, 1.82) is 0 Å². The molecule has 1 N–H and O–H groups in total. The molecule has 0 fully saturated rings. The second-order valence-corrected chi connectivity index (χ2v) is 3.59. The second kappa shape index (κ2) is 6.02. The Hall–Kier alpha value is -1.57. The number of rotatable bonds is 6. The highest BCUT2D eigenvalue weighted by Crippen LogP contribution is 2.14. The number of hydrogen-bond acceptors (Lipinski definition) is 1. The van der Waals surface area contributed by atoms with Gasteiger partial charge in [0.25, 0.3) is 0 Å². The lowest BCUT2D eigenvalue weighted by Crippen LogP contribution is -2.16. The summed E-state index contributed by atoms with van der Waals surface area (Å²) in [4.78, 5) is 11.0. The van der Waals surface area contributed by atoms with Crippen LogP contribution in [0.4, 0.5) is 0 Å². The molecular formula is C13H16O2. The van der Waals surface area contributed by atoms with E-state index < -0.39 is 5.97 Å². The molecule has 1 unspecified atom stereocenters. The lowest BCUT2D eigenvalue weighted by atomic mass is 9.95. The van der Waals surface area contributed by atoms with Gasteiger partial charge in [-0.25, -0.2) is 0 Å². The number of benzene rings is 1. The molecule has 1 rings (SSSR count). The maximum absolute atomic E-state index is 11.0. The van der Waals surface area contributed by atoms with E-state index in [1.807, 2.05) is 30.3 Å². The van der Waals surface area contributed by atoms with Gasteiger partial charge in [0.15, 0.2) is 0 Å².